The van der Waals surface area contributed by atoms with Crippen molar-refractivity contribution in [2.75, 3.05) is 13.2 Å². The van der Waals surface area contributed by atoms with Gasteiger partial charge in [-0.1, -0.05) is 11.6 Å². The van der Waals surface area contributed by atoms with E-state index in [4.69, 9.17) is 4.74 Å². The summed E-state index contributed by atoms with van der Waals surface area (Å²) >= 11 is 0. The minimum Gasteiger partial charge on any atom is -0.508 e. The molecule has 1 aromatic carbocycles. The topological polar surface area (TPSA) is 49.7 Å². The Morgan fingerprint density at radius 2 is 1.93 bits per heavy atom. The second-order valence-corrected chi connectivity index (χ2v) is 4.16. The molecule has 1 saturated heterocycles. The van der Waals surface area contributed by atoms with Crippen molar-refractivity contribution >= 4 is 0 Å². The summed E-state index contributed by atoms with van der Waals surface area (Å²) in [6.07, 6.45) is 1.09. The molecule has 0 aliphatic carbocycles. The van der Waals surface area contributed by atoms with E-state index < -0.39 is 5.60 Å². The third-order valence-electron chi connectivity index (χ3n) is 2.97. The van der Waals surface area contributed by atoms with Crippen LogP contribution in [0.15, 0.2) is 18.2 Å². The van der Waals surface area contributed by atoms with E-state index in [0.29, 0.717) is 31.6 Å². The number of phenolic OH excluding ortho intramolecular Hbond substituents is 1. The second kappa shape index (κ2) is 3.83. The van der Waals surface area contributed by atoms with Gasteiger partial charge in [-0.25, -0.2) is 0 Å². The van der Waals surface area contributed by atoms with Gasteiger partial charge >= 0.3 is 0 Å². The van der Waals surface area contributed by atoms with Gasteiger partial charge in [0.25, 0.3) is 0 Å². The summed E-state index contributed by atoms with van der Waals surface area (Å²) in [7, 11) is 0. The molecule has 0 saturated carbocycles. The lowest BCUT2D eigenvalue weighted by Crippen LogP contribution is -2.33. The van der Waals surface area contributed by atoms with Crippen LogP contribution in [0.25, 0.3) is 0 Å². The Morgan fingerprint density at radius 3 is 2.60 bits per heavy atom. The summed E-state index contributed by atoms with van der Waals surface area (Å²) in [5.41, 5.74) is 0.752. The summed E-state index contributed by atoms with van der Waals surface area (Å²) in [6.45, 7) is 3.04. The highest BCUT2D eigenvalue weighted by Crippen LogP contribution is 2.37. The van der Waals surface area contributed by atoms with Gasteiger partial charge in [0, 0.05) is 31.6 Å². The fraction of sp³-hybridized carbons (Fsp3) is 0.500. The van der Waals surface area contributed by atoms with Gasteiger partial charge in [0.1, 0.15) is 5.75 Å². The van der Waals surface area contributed by atoms with E-state index in [1.54, 1.807) is 6.07 Å². The van der Waals surface area contributed by atoms with E-state index in [2.05, 4.69) is 0 Å². The molecule has 0 spiro atoms. The molecule has 1 fully saturated rings. The number of phenols is 1. The molecule has 0 amide bonds. The van der Waals surface area contributed by atoms with Gasteiger partial charge in [-0.15, -0.1) is 0 Å². The number of rotatable bonds is 1. The van der Waals surface area contributed by atoms with Crippen LogP contribution < -0.4 is 0 Å². The third kappa shape index (κ3) is 1.98. The molecule has 1 aliphatic rings. The average molecular weight is 208 g/mol. The standard InChI is InChI=1S/C12H16O3/c1-9-2-3-11(13)10(8-9)12(14)4-6-15-7-5-12/h2-3,8,13-14H,4-7H2,1H3. The number of aliphatic hydroxyl groups is 1. The van der Waals surface area contributed by atoms with Gasteiger partial charge < -0.3 is 14.9 Å². The van der Waals surface area contributed by atoms with Crippen LogP contribution in [0.5, 0.6) is 5.75 Å². The molecular weight excluding hydrogens is 192 g/mol. The predicted octanol–water partition coefficient (Wildman–Crippen LogP) is 1.70. The van der Waals surface area contributed by atoms with Crippen LogP contribution in [-0.2, 0) is 10.3 Å². The molecule has 0 unspecified atom stereocenters. The Morgan fingerprint density at radius 1 is 1.27 bits per heavy atom. The van der Waals surface area contributed by atoms with Crippen molar-refractivity contribution in [1.82, 2.24) is 0 Å². The molecule has 3 heteroatoms. The zero-order valence-electron chi connectivity index (χ0n) is 8.86. The number of aromatic hydroxyl groups is 1. The molecule has 15 heavy (non-hydrogen) atoms. The van der Waals surface area contributed by atoms with Crippen LogP contribution in [0.1, 0.15) is 24.0 Å². The summed E-state index contributed by atoms with van der Waals surface area (Å²) in [5, 5.41) is 20.2. The SMILES string of the molecule is Cc1ccc(O)c(C2(O)CCOCC2)c1. The van der Waals surface area contributed by atoms with Crippen molar-refractivity contribution in [2.24, 2.45) is 0 Å². The predicted molar refractivity (Wildman–Crippen MR) is 56.8 cm³/mol. The van der Waals surface area contributed by atoms with Crippen molar-refractivity contribution in [3.05, 3.63) is 29.3 Å². The maximum Gasteiger partial charge on any atom is 0.121 e. The maximum atomic E-state index is 10.4. The lowest BCUT2D eigenvalue weighted by Gasteiger charge is -2.33. The van der Waals surface area contributed by atoms with E-state index in [0.717, 1.165) is 5.56 Å². The molecule has 0 bridgehead atoms. The van der Waals surface area contributed by atoms with Crippen molar-refractivity contribution in [2.45, 2.75) is 25.4 Å². The van der Waals surface area contributed by atoms with Gasteiger partial charge in [0.05, 0.1) is 5.60 Å². The highest BCUT2D eigenvalue weighted by molar-refractivity contribution is 5.40. The van der Waals surface area contributed by atoms with Gasteiger partial charge in [-0.2, -0.15) is 0 Å². The minimum absolute atomic E-state index is 0.171. The number of benzene rings is 1. The molecule has 2 N–H and O–H groups in total. The summed E-state index contributed by atoms with van der Waals surface area (Å²) in [6, 6.07) is 5.32. The van der Waals surface area contributed by atoms with Crippen LogP contribution in [0.4, 0.5) is 0 Å². The van der Waals surface area contributed by atoms with Gasteiger partial charge in [0.15, 0.2) is 0 Å². The molecule has 82 valence electrons. The highest BCUT2D eigenvalue weighted by Gasteiger charge is 2.33. The molecule has 0 aromatic heterocycles. The fourth-order valence-corrected chi connectivity index (χ4v) is 2.00. The monoisotopic (exact) mass is 208 g/mol. The summed E-state index contributed by atoms with van der Waals surface area (Å²) < 4.78 is 5.21. The summed E-state index contributed by atoms with van der Waals surface area (Å²) in [4.78, 5) is 0. The second-order valence-electron chi connectivity index (χ2n) is 4.16. The van der Waals surface area contributed by atoms with Crippen molar-refractivity contribution in [3.8, 4) is 5.75 Å². The molecule has 0 atom stereocenters. The third-order valence-corrected chi connectivity index (χ3v) is 2.97. The smallest absolute Gasteiger partial charge is 0.121 e. The van der Waals surface area contributed by atoms with Crippen molar-refractivity contribution < 1.29 is 14.9 Å². The number of aryl methyl sites for hydroxylation is 1. The van der Waals surface area contributed by atoms with Crippen LogP contribution >= 0.6 is 0 Å². The first kappa shape index (κ1) is 10.5. The Labute approximate surface area is 89.3 Å². The zero-order valence-corrected chi connectivity index (χ0v) is 8.86. The van der Waals surface area contributed by atoms with Crippen LogP contribution in [-0.4, -0.2) is 23.4 Å². The van der Waals surface area contributed by atoms with E-state index in [-0.39, 0.29) is 5.75 Å². The van der Waals surface area contributed by atoms with Gasteiger partial charge in [0.2, 0.25) is 0 Å². The largest absolute Gasteiger partial charge is 0.508 e. The van der Waals surface area contributed by atoms with Crippen LogP contribution in [0, 0.1) is 6.92 Å². The Kier molecular flexibility index (Phi) is 2.67. The molecule has 0 radical (unpaired) electrons. The van der Waals surface area contributed by atoms with Crippen molar-refractivity contribution in [3.63, 3.8) is 0 Å². The zero-order chi connectivity index (χ0) is 10.9. The number of hydrogen-bond acceptors (Lipinski definition) is 3. The van der Waals surface area contributed by atoms with E-state index in [1.165, 1.54) is 0 Å². The molecule has 1 aromatic rings. The number of hydrogen-bond donors (Lipinski definition) is 2. The Bertz CT molecular complexity index is 354. The van der Waals surface area contributed by atoms with Crippen molar-refractivity contribution in [1.29, 1.82) is 0 Å². The highest BCUT2D eigenvalue weighted by atomic mass is 16.5. The molecule has 1 heterocycles. The Balaban J connectivity index is 2.38. The molecule has 3 nitrogen and oxygen atoms in total. The van der Waals surface area contributed by atoms with Gasteiger partial charge in [-0.05, 0) is 19.1 Å². The average Bonchev–Trinajstić information content (AvgIpc) is 2.23. The van der Waals surface area contributed by atoms with Crippen LogP contribution in [0.3, 0.4) is 0 Å². The molecule has 2 rings (SSSR count). The lowest BCUT2D eigenvalue weighted by atomic mass is 9.85. The molecular formula is C12H16O3. The Hall–Kier alpha value is -1.06. The first-order valence-electron chi connectivity index (χ1n) is 5.22. The van der Waals surface area contributed by atoms with E-state index >= 15 is 0 Å². The van der Waals surface area contributed by atoms with Crippen LogP contribution in [0.2, 0.25) is 0 Å². The first-order valence-corrected chi connectivity index (χ1v) is 5.22. The fourth-order valence-electron chi connectivity index (χ4n) is 2.00. The van der Waals surface area contributed by atoms with E-state index in [1.807, 2.05) is 19.1 Å². The maximum absolute atomic E-state index is 10.4. The minimum atomic E-state index is -0.922. The number of ether oxygens (including phenoxy) is 1. The normalized spacial score (nSPS) is 20.1. The summed E-state index contributed by atoms with van der Waals surface area (Å²) in [5.74, 6) is 0.171. The molecule has 1 aliphatic heterocycles. The van der Waals surface area contributed by atoms with E-state index in [9.17, 15) is 10.2 Å². The first-order chi connectivity index (χ1) is 7.12. The quantitative estimate of drug-likeness (QED) is 0.738. The lowest BCUT2D eigenvalue weighted by molar-refractivity contribution is -0.0689. The van der Waals surface area contributed by atoms with Gasteiger partial charge in [-0.3, -0.25) is 0 Å².